The summed E-state index contributed by atoms with van der Waals surface area (Å²) < 4.78 is 10.2. The SMILES string of the molecule is CCOC(=O)c1csc(NC(=O)[C@@H]2CC(=O)N(c3ccccc3OC)C2)n1. The topological polar surface area (TPSA) is 97.8 Å². The van der Waals surface area contributed by atoms with Gasteiger partial charge in [0.05, 0.1) is 25.3 Å². The molecule has 0 aliphatic carbocycles. The first-order chi connectivity index (χ1) is 13.0. The van der Waals surface area contributed by atoms with E-state index in [1.165, 1.54) is 12.5 Å². The zero-order chi connectivity index (χ0) is 19.4. The Morgan fingerprint density at radius 2 is 2.15 bits per heavy atom. The van der Waals surface area contributed by atoms with Crippen molar-refractivity contribution in [3.05, 3.63) is 35.3 Å². The predicted octanol–water partition coefficient (Wildman–Crippen LogP) is 2.32. The van der Waals surface area contributed by atoms with Crippen LogP contribution in [0.15, 0.2) is 29.6 Å². The molecule has 27 heavy (non-hydrogen) atoms. The summed E-state index contributed by atoms with van der Waals surface area (Å²) in [4.78, 5) is 42.2. The predicted molar refractivity (Wildman–Crippen MR) is 100 cm³/mol. The lowest BCUT2D eigenvalue weighted by Gasteiger charge is -2.19. The van der Waals surface area contributed by atoms with Gasteiger partial charge in [-0.3, -0.25) is 9.59 Å². The molecule has 0 bridgehead atoms. The van der Waals surface area contributed by atoms with Gasteiger partial charge in [-0.15, -0.1) is 11.3 Å². The minimum atomic E-state index is -0.535. The van der Waals surface area contributed by atoms with E-state index in [-0.39, 0.29) is 37.1 Å². The maximum atomic E-state index is 12.5. The quantitative estimate of drug-likeness (QED) is 0.762. The number of para-hydroxylation sites is 2. The van der Waals surface area contributed by atoms with Crippen LogP contribution in [0.1, 0.15) is 23.8 Å². The van der Waals surface area contributed by atoms with Crippen molar-refractivity contribution < 1.29 is 23.9 Å². The maximum Gasteiger partial charge on any atom is 0.357 e. The largest absolute Gasteiger partial charge is 0.495 e. The molecule has 0 spiro atoms. The molecule has 2 aromatic rings. The fourth-order valence-corrected chi connectivity index (χ4v) is 3.49. The Morgan fingerprint density at radius 3 is 2.89 bits per heavy atom. The van der Waals surface area contributed by atoms with E-state index in [0.29, 0.717) is 16.6 Å². The fourth-order valence-electron chi connectivity index (χ4n) is 2.81. The molecule has 1 aliphatic heterocycles. The molecule has 1 N–H and O–H groups in total. The van der Waals surface area contributed by atoms with E-state index >= 15 is 0 Å². The number of ether oxygens (including phenoxy) is 2. The maximum absolute atomic E-state index is 12.5. The van der Waals surface area contributed by atoms with Crippen LogP contribution in [0.3, 0.4) is 0 Å². The molecule has 2 heterocycles. The number of hydrogen-bond donors (Lipinski definition) is 1. The number of amides is 2. The van der Waals surface area contributed by atoms with Crippen LogP contribution in [0.5, 0.6) is 5.75 Å². The highest BCUT2D eigenvalue weighted by molar-refractivity contribution is 7.14. The number of rotatable bonds is 6. The fraction of sp³-hybridized carbons (Fsp3) is 0.333. The van der Waals surface area contributed by atoms with Gasteiger partial charge in [0.15, 0.2) is 10.8 Å². The molecular formula is C18H19N3O5S. The van der Waals surface area contributed by atoms with Gasteiger partial charge in [0, 0.05) is 18.3 Å². The number of nitrogens with zero attached hydrogens (tertiary/aromatic N) is 2. The Hall–Kier alpha value is -2.94. The van der Waals surface area contributed by atoms with E-state index in [1.807, 2.05) is 12.1 Å². The number of anilines is 2. The van der Waals surface area contributed by atoms with Gasteiger partial charge in [0.25, 0.3) is 0 Å². The molecule has 0 radical (unpaired) electrons. The van der Waals surface area contributed by atoms with Crippen molar-refractivity contribution in [2.45, 2.75) is 13.3 Å². The van der Waals surface area contributed by atoms with Gasteiger partial charge in [-0.05, 0) is 19.1 Å². The average molecular weight is 389 g/mol. The molecule has 8 nitrogen and oxygen atoms in total. The summed E-state index contributed by atoms with van der Waals surface area (Å²) in [5.74, 6) is -0.938. The van der Waals surface area contributed by atoms with Crippen molar-refractivity contribution in [3.8, 4) is 5.75 Å². The Kier molecular flexibility index (Phi) is 5.70. The number of benzene rings is 1. The van der Waals surface area contributed by atoms with Gasteiger partial charge in [0.1, 0.15) is 5.75 Å². The highest BCUT2D eigenvalue weighted by Gasteiger charge is 2.36. The van der Waals surface area contributed by atoms with Crippen molar-refractivity contribution in [2.75, 3.05) is 30.5 Å². The Labute approximate surface area is 160 Å². The van der Waals surface area contributed by atoms with Gasteiger partial charge >= 0.3 is 5.97 Å². The first-order valence-electron chi connectivity index (χ1n) is 8.40. The van der Waals surface area contributed by atoms with Crippen LogP contribution in [0.4, 0.5) is 10.8 Å². The minimum Gasteiger partial charge on any atom is -0.495 e. The molecule has 1 aliphatic rings. The molecule has 142 valence electrons. The van der Waals surface area contributed by atoms with Crippen molar-refractivity contribution >= 4 is 39.9 Å². The second kappa shape index (κ2) is 8.17. The molecule has 9 heteroatoms. The van der Waals surface area contributed by atoms with Crippen molar-refractivity contribution in [1.29, 1.82) is 0 Å². The molecule has 0 saturated carbocycles. The van der Waals surface area contributed by atoms with Crippen LogP contribution >= 0.6 is 11.3 Å². The molecule has 1 aromatic heterocycles. The molecule has 2 amide bonds. The van der Waals surface area contributed by atoms with Crippen LogP contribution in [-0.2, 0) is 14.3 Å². The van der Waals surface area contributed by atoms with Gasteiger partial charge < -0.3 is 19.7 Å². The van der Waals surface area contributed by atoms with Gasteiger partial charge in [-0.2, -0.15) is 0 Å². The Morgan fingerprint density at radius 1 is 1.37 bits per heavy atom. The van der Waals surface area contributed by atoms with Crippen LogP contribution in [-0.4, -0.2) is 43.0 Å². The normalized spacial score (nSPS) is 16.3. The van der Waals surface area contributed by atoms with Crippen LogP contribution in [0.25, 0.3) is 0 Å². The van der Waals surface area contributed by atoms with Crippen molar-refractivity contribution in [1.82, 2.24) is 4.98 Å². The minimum absolute atomic E-state index is 0.0972. The number of nitrogens with one attached hydrogen (secondary N) is 1. The van der Waals surface area contributed by atoms with Crippen molar-refractivity contribution in [3.63, 3.8) is 0 Å². The average Bonchev–Trinajstić information content (AvgIpc) is 3.28. The Balaban J connectivity index is 1.67. The van der Waals surface area contributed by atoms with Crippen LogP contribution < -0.4 is 15.0 Å². The smallest absolute Gasteiger partial charge is 0.357 e. The standard InChI is InChI=1S/C18H19N3O5S/c1-3-26-17(24)12-10-27-18(19-12)20-16(23)11-8-15(22)21(9-11)13-6-4-5-7-14(13)25-2/h4-7,10-11H,3,8-9H2,1-2H3,(H,19,20,23)/t11-/m1/s1. The highest BCUT2D eigenvalue weighted by Crippen LogP contribution is 2.33. The lowest BCUT2D eigenvalue weighted by molar-refractivity contribution is -0.122. The molecular weight excluding hydrogens is 370 g/mol. The summed E-state index contributed by atoms with van der Waals surface area (Å²) in [6, 6.07) is 7.17. The number of thiazole rings is 1. The van der Waals surface area contributed by atoms with E-state index < -0.39 is 11.9 Å². The summed E-state index contributed by atoms with van der Waals surface area (Å²) in [7, 11) is 1.53. The zero-order valence-electron chi connectivity index (χ0n) is 14.9. The lowest BCUT2D eigenvalue weighted by atomic mass is 10.1. The van der Waals surface area contributed by atoms with Gasteiger partial charge in [-0.25, -0.2) is 9.78 Å². The van der Waals surface area contributed by atoms with E-state index in [9.17, 15) is 14.4 Å². The third-order valence-electron chi connectivity index (χ3n) is 4.09. The number of methoxy groups -OCH3 is 1. The third-order valence-corrected chi connectivity index (χ3v) is 4.85. The summed E-state index contributed by atoms with van der Waals surface area (Å²) in [6.07, 6.45) is 0.0972. The third kappa shape index (κ3) is 4.08. The van der Waals surface area contributed by atoms with Crippen LogP contribution in [0.2, 0.25) is 0 Å². The number of hydrogen-bond acceptors (Lipinski definition) is 7. The molecule has 1 fully saturated rings. The first-order valence-corrected chi connectivity index (χ1v) is 9.28. The summed E-state index contributed by atoms with van der Waals surface area (Å²) in [5, 5.41) is 4.49. The van der Waals surface area contributed by atoms with E-state index in [2.05, 4.69) is 10.3 Å². The number of carbonyl (C=O) groups excluding carboxylic acids is 3. The zero-order valence-corrected chi connectivity index (χ0v) is 15.7. The summed E-state index contributed by atoms with van der Waals surface area (Å²) in [5.41, 5.74) is 0.787. The monoisotopic (exact) mass is 389 g/mol. The molecule has 1 saturated heterocycles. The van der Waals surface area contributed by atoms with Crippen molar-refractivity contribution in [2.24, 2.45) is 5.92 Å². The van der Waals surface area contributed by atoms with Gasteiger partial charge in [-0.1, -0.05) is 12.1 Å². The molecule has 1 aromatic carbocycles. The number of aromatic nitrogens is 1. The molecule has 1 atom stereocenters. The van der Waals surface area contributed by atoms with E-state index in [4.69, 9.17) is 9.47 Å². The molecule has 3 rings (SSSR count). The Bertz CT molecular complexity index is 866. The second-order valence-corrected chi connectivity index (χ2v) is 6.68. The summed E-state index contributed by atoms with van der Waals surface area (Å²) >= 11 is 1.13. The first kappa shape index (κ1) is 18.8. The number of esters is 1. The van der Waals surface area contributed by atoms with E-state index in [0.717, 1.165) is 11.3 Å². The van der Waals surface area contributed by atoms with Crippen LogP contribution in [0, 0.1) is 5.92 Å². The number of carbonyl (C=O) groups is 3. The lowest BCUT2D eigenvalue weighted by Crippen LogP contribution is -2.28. The highest BCUT2D eigenvalue weighted by atomic mass is 32.1. The summed E-state index contributed by atoms with van der Waals surface area (Å²) in [6.45, 7) is 2.21. The second-order valence-electron chi connectivity index (χ2n) is 5.82. The molecule has 0 unspecified atom stereocenters. The van der Waals surface area contributed by atoms with E-state index in [1.54, 1.807) is 24.0 Å². The van der Waals surface area contributed by atoms with Gasteiger partial charge in [0.2, 0.25) is 11.8 Å².